The largest absolute Gasteiger partial charge is 0.481 e. The highest BCUT2D eigenvalue weighted by atomic mass is 32.1. The highest BCUT2D eigenvalue weighted by Gasteiger charge is 2.08. The van der Waals surface area contributed by atoms with Crippen LogP contribution in [0.3, 0.4) is 0 Å². The summed E-state index contributed by atoms with van der Waals surface area (Å²) in [6.45, 7) is 2.14. The van der Waals surface area contributed by atoms with Crippen LogP contribution >= 0.6 is 11.3 Å². The van der Waals surface area contributed by atoms with E-state index in [2.05, 4.69) is 22.4 Å². The summed E-state index contributed by atoms with van der Waals surface area (Å²) in [7, 11) is 0. The van der Waals surface area contributed by atoms with Crippen molar-refractivity contribution in [2.24, 2.45) is 0 Å². The van der Waals surface area contributed by atoms with Gasteiger partial charge in [-0.25, -0.2) is 0 Å². The quantitative estimate of drug-likeness (QED) is 0.680. The zero-order chi connectivity index (χ0) is 14.1. The topological polar surface area (TPSA) is 92.2 Å². The predicted octanol–water partition coefficient (Wildman–Crippen LogP) is 2.46. The van der Waals surface area contributed by atoms with Crippen LogP contribution in [0, 0.1) is 0 Å². The lowest BCUT2D eigenvalue weighted by Gasteiger charge is -1.99. The summed E-state index contributed by atoms with van der Waals surface area (Å²) in [5.74, 6) is -1.10. The van der Waals surface area contributed by atoms with Crippen LogP contribution in [0.5, 0.6) is 0 Å². The molecule has 1 amide bonds. The Morgan fingerprint density at radius 3 is 2.68 bits per heavy atom. The minimum atomic E-state index is -0.887. The molecule has 0 aliphatic heterocycles. The minimum Gasteiger partial charge on any atom is -0.481 e. The molecule has 0 aliphatic carbocycles. The van der Waals surface area contributed by atoms with Crippen LogP contribution in [-0.2, 0) is 16.0 Å². The number of nitrogens with one attached hydrogen (secondary N) is 1. The van der Waals surface area contributed by atoms with Gasteiger partial charge in [-0.1, -0.05) is 31.1 Å². The Balaban J connectivity index is 2.28. The number of rotatable bonds is 9. The Labute approximate surface area is 116 Å². The van der Waals surface area contributed by atoms with Gasteiger partial charge in [0, 0.05) is 19.3 Å². The van der Waals surface area contributed by atoms with Gasteiger partial charge in [0.1, 0.15) is 5.01 Å². The van der Waals surface area contributed by atoms with Crippen molar-refractivity contribution < 1.29 is 14.7 Å². The number of aryl methyl sites for hydroxylation is 1. The van der Waals surface area contributed by atoms with Crippen LogP contribution in [0.1, 0.15) is 50.5 Å². The molecular formula is C12H19N3O3S. The number of nitrogens with zero attached hydrogens (tertiary/aromatic N) is 2. The summed E-state index contributed by atoms with van der Waals surface area (Å²) in [6, 6.07) is 0. The highest BCUT2D eigenvalue weighted by Crippen LogP contribution is 2.17. The van der Waals surface area contributed by atoms with E-state index in [0.29, 0.717) is 11.6 Å². The second-order valence-electron chi connectivity index (χ2n) is 4.25. The number of carbonyl (C=O) groups is 2. The molecule has 1 aromatic rings. The van der Waals surface area contributed by atoms with Crippen LogP contribution in [0.15, 0.2) is 0 Å². The summed E-state index contributed by atoms with van der Waals surface area (Å²) in [4.78, 5) is 21.8. The summed E-state index contributed by atoms with van der Waals surface area (Å²) in [5, 5.41) is 20.4. The van der Waals surface area contributed by atoms with Gasteiger partial charge in [-0.3, -0.25) is 9.59 Å². The first-order valence-electron chi connectivity index (χ1n) is 6.46. The van der Waals surface area contributed by atoms with E-state index in [1.165, 1.54) is 11.3 Å². The summed E-state index contributed by atoms with van der Waals surface area (Å²) in [6.07, 6.45) is 4.83. The van der Waals surface area contributed by atoms with Gasteiger partial charge in [-0.2, -0.15) is 0 Å². The van der Waals surface area contributed by atoms with Gasteiger partial charge in [-0.15, -0.1) is 10.2 Å². The van der Waals surface area contributed by atoms with Crippen molar-refractivity contribution in [1.29, 1.82) is 0 Å². The molecule has 6 nitrogen and oxygen atoms in total. The number of anilines is 1. The van der Waals surface area contributed by atoms with Crippen LogP contribution in [0.25, 0.3) is 0 Å². The molecule has 0 fully saturated rings. The predicted molar refractivity (Wildman–Crippen MR) is 73.3 cm³/mol. The van der Waals surface area contributed by atoms with E-state index < -0.39 is 5.97 Å². The second-order valence-corrected chi connectivity index (χ2v) is 5.32. The first-order chi connectivity index (χ1) is 9.11. The van der Waals surface area contributed by atoms with Crippen LogP contribution in [0.2, 0.25) is 0 Å². The van der Waals surface area contributed by atoms with E-state index in [-0.39, 0.29) is 18.7 Å². The lowest BCUT2D eigenvalue weighted by molar-refractivity contribution is -0.137. The maximum atomic E-state index is 11.5. The number of amides is 1. The molecule has 19 heavy (non-hydrogen) atoms. The van der Waals surface area contributed by atoms with Gasteiger partial charge < -0.3 is 10.4 Å². The third kappa shape index (κ3) is 6.85. The number of aliphatic carboxylic acids is 1. The number of carboxylic acid groups (broad SMARTS) is 1. The number of hydrogen-bond acceptors (Lipinski definition) is 5. The van der Waals surface area contributed by atoms with Crippen molar-refractivity contribution in [3.05, 3.63) is 5.01 Å². The van der Waals surface area contributed by atoms with Crippen molar-refractivity contribution >= 4 is 28.3 Å². The number of carbonyl (C=O) groups excluding carboxylic acids is 1. The zero-order valence-corrected chi connectivity index (χ0v) is 11.8. The van der Waals surface area contributed by atoms with Crippen LogP contribution < -0.4 is 5.32 Å². The lowest BCUT2D eigenvalue weighted by Crippen LogP contribution is -2.11. The Bertz CT molecular complexity index is 420. The van der Waals surface area contributed by atoms with E-state index in [1.54, 1.807) is 0 Å². The molecule has 1 aromatic heterocycles. The van der Waals surface area contributed by atoms with Crippen molar-refractivity contribution in [3.8, 4) is 0 Å². The van der Waals surface area contributed by atoms with Crippen molar-refractivity contribution in [1.82, 2.24) is 10.2 Å². The smallest absolute Gasteiger partial charge is 0.303 e. The molecule has 0 unspecified atom stereocenters. The van der Waals surface area contributed by atoms with Gasteiger partial charge in [-0.05, 0) is 12.8 Å². The monoisotopic (exact) mass is 285 g/mol. The first-order valence-corrected chi connectivity index (χ1v) is 7.27. The number of carboxylic acids is 1. The van der Waals surface area contributed by atoms with Crippen molar-refractivity contribution in [2.45, 2.75) is 51.9 Å². The van der Waals surface area contributed by atoms with Gasteiger partial charge in [0.2, 0.25) is 11.0 Å². The molecule has 0 atom stereocenters. The molecule has 2 N–H and O–H groups in total. The fourth-order valence-corrected chi connectivity index (χ4v) is 2.31. The zero-order valence-electron chi connectivity index (χ0n) is 11.0. The molecule has 0 bridgehead atoms. The Hall–Kier alpha value is -1.50. The summed E-state index contributed by atoms with van der Waals surface area (Å²) in [5.41, 5.74) is 0. The third-order valence-electron chi connectivity index (χ3n) is 2.50. The first kappa shape index (κ1) is 15.6. The number of hydrogen-bond donors (Lipinski definition) is 2. The third-order valence-corrected chi connectivity index (χ3v) is 3.40. The van der Waals surface area contributed by atoms with E-state index in [9.17, 15) is 9.59 Å². The summed E-state index contributed by atoms with van der Waals surface area (Å²) < 4.78 is 0. The maximum Gasteiger partial charge on any atom is 0.303 e. The molecule has 0 spiro atoms. The van der Waals surface area contributed by atoms with Crippen LogP contribution in [0.4, 0.5) is 5.13 Å². The molecule has 0 saturated carbocycles. The standard InChI is InChI=1S/C12H19N3O3S/c1-2-3-4-7-10-14-15-12(19-10)13-9(16)6-5-8-11(17)18/h2-8H2,1H3,(H,17,18)(H,13,15,16). The lowest BCUT2D eigenvalue weighted by atomic mass is 10.2. The van der Waals surface area contributed by atoms with E-state index >= 15 is 0 Å². The van der Waals surface area contributed by atoms with Crippen molar-refractivity contribution in [2.75, 3.05) is 5.32 Å². The molecule has 1 heterocycles. The van der Waals surface area contributed by atoms with Gasteiger partial charge >= 0.3 is 5.97 Å². The van der Waals surface area contributed by atoms with E-state index in [1.807, 2.05) is 0 Å². The van der Waals surface area contributed by atoms with E-state index in [4.69, 9.17) is 5.11 Å². The Morgan fingerprint density at radius 1 is 1.21 bits per heavy atom. The molecule has 0 aliphatic rings. The molecule has 0 saturated heterocycles. The fourth-order valence-electron chi connectivity index (χ4n) is 1.51. The van der Waals surface area contributed by atoms with Gasteiger partial charge in [0.25, 0.3) is 0 Å². The molecule has 0 aromatic carbocycles. The Morgan fingerprint density at radius 2 is 2.00 bits per heavy atom. The molecular weight excluding hydrogens is 266 g/mol. The van der Waals surface area contributed by atoms with Gasteiger partial charge in [0.15, 0.2) is 0 Å². The molecule has 7 heteroatoms. The second kappa shape index (κ2) is 8.58. The van der Waals surface area contributed by atoms with Crippen LogP contribution in [-0.4, -0.2) is 27.2 Å². The Kier molecular flexibility index (Phi) is 7.02. The number of aromatic nitrogens is 2. The number of unbranched alkanes of at least 4 members (excludes halogenated alkanes) is 2. The van der Waals surface area contributed by atoms with Crippen molar-refractivity contribution in [3.63, 3.8) is 0 Å². The fraction of sp³-hybridized carbons (Fsp3) is 0.667. The highest BCUT2D eigenvalue weighted by molar-refractivity contribution is 7.15. The van der Waals surface area contributed by atoms with Gasteiger partial charge in [0.05, 0.1) is 0 Å². The normalized spacial score (nSPS) is 10.4. The molecule has 1 rings (SSSR count). The van der Waals surface area contributed by atoms with E-state index in [0.717, 1.165) is 30.7 Å². The molecule has 0 radical (unpaired) electrons. The minimum absolute atomic E-state index is 0.00576. The SMILES string of the molecule is CCCCCc1nnc(NC(=O)CCCC(=O)O)s1. The average Bonchev–Trinajstić information content (AvgIpc) is 2.76. The maximum absolute atomic E-state index is 11.5. The molecule has 106 valence electrons. The average molecular weight is 285 g/mol. The summed E-state index contributed by atoms with van der Waals surface area (Å²) >= 11 is 1.38.